The molecule has 3 aromatic rings. The summed E-state index contributed by atoms with van der Waals surface area (Å²) in [5, 5.41) is 8.06. The average molecular weight is 539 g/mol. The molecule has 6 nitrogen and oxygen atoms in total. The molecule has 0 unspecified atom stereocenters. The molecule has 0 bridgehead atoms. The van der Waals surface area contributed by atoms with Crippen LogP contribution in [0.4, 0.5) is 11.4 Å². The Bertz CT molecular complexity index is 1240. The minimum absolute atomic E-state index is 0.00401. The number of fused-ring (bicyclic) bond motifs is 1. The predicted octanol–water partition coefficient (Wildman–Crippen LogP) is 5.03. The van der Waals surface area contributed by atoms with Crippen molar-refractivity contribution in [3.05, 3.63) is 70.7 Å². The first-order valence-corrected chi connectivity index (χ1v) is 12.5. The molecular weight excluding hydrogens is 512 g/mol. The second-order valence-corrected chi connectivity index (χ2v) is 9.80. The highest BCUT2D eigenvalue weighted by Crippen LogP contribution is 2.28. The number of nitrogens with zero attached hydrogens (tertiary/aromatic N) is 2. The van der Waals surface area contributed by atoms with Crippen LogP contribution >= 0.6 is 28.1 Å². The lowest BCUT2D eigenvalue weighted by molar-refractivity contribution is -0.134. The van der Waals surface area contributed by atoms with Gasteiger partial charge in [-0.1, -0.05) is 66.2 Å². The van der Waals surface area contributed by atoms with Gasteiger partial charge in [-0.05, 0) is 47.3 Å². The van der Waals surface area contributed by atoms with Gasteiger partial charge in [-0.25, -0.2) is 0 Å². The fourth-order valence-electron chi connectivity index (χ4n) is 4.18. The Morgan fingerprint density at radius 2 is 1.59 bits per heavy atom. The Kier molecular flexibility index (Phi) is 7.48. The minimum Gasteiger partial charge on any atom is -0.366 e. The molecule has 1 fully saturated rings. The van der Waals surface area contributed by atoms with E-state index in [0.717, 1.165) is 39.7 Å². The van der Waals surface area contributed by atoms with E-state index in [0.29, 0.717) is 18.7 Å². The molecule has 1 aliphatic rings. The third-order valence-electron chi connectivity index (χ3n) is 5.92. The summed E-state index contributed by atoms with van der Waals surface area (Å²) in [6.07, 6.45) is 0. The van der Waals surface area contributed by atoms with Gasteiger partial charge in [0.1, 0.15) is 0 Å². The summed E-state index contributed by atoms with van der Waals surface area (Å²) in [5.74, 6) is -0.0701. The summed E-state index contributed by atoms with van der Waals surface area (Å²) in [5.41, 5.74) is 2.36. The molecule has 1 saturated heterocycles. The van der Waals surface area contributed by atoms with Crippen molar-refractivity contribution >= 4 is 67.2 Å². The fourth-order valence-corrected chi connectivity index (χ4v) is 4.88. The molecule has 0 atom stereocenters. The molecule has 0 aromatic heterocycles. The molecule has 0 radical (unpaired) electrons. The van der Waals surface area contributed by atoms with Crippen molar-refractivity contribution in [2.75, 3.05) is 36.4 Å². The van der Waals surface area contributed by atoms with Crippen molar-refractivity contribution < 1.29 is 9.59 Å². The van der Waals surface area contributed by atoms with Crippen molar-refractivity contribution in [2.24, 2.45) is 5.92 Å². The smallest absolute Gasteiger partial charge is 0.258 e. The second kappa shape index (κ2) is 10.5. The van der Waals surface area contributed by atoms with Crippen LogP contribution in [-0.4, -0.2) is 48.0 Å². The molecule has 1 aliphatic heterocycles. The third kappa shape index (κ3) is 5.23. The number of anilines is 2. The molecule has 2 N–H and O–H groups in total. The molecule has 1 heterocycles. The van der Waals surface area contributed by atoms with Crippen LogP contribution in [0.3, 0.4) is 0 Å². The lowest BCUT2D eigenvalue weighted by atomic mass is 10.0. The predicted molar refractivity (Wildman–Crippen MR) is 145 cm³/mol. The van der Waals surface area contributed by atoms with Crippen molar-refractivity contribution in [3.63, 3.8) is 0 Å². The van der Waals surface area contributed by atoms with Crippen LogP contribution in [0.2, 0.25) is 0 Å². The fraction of sp³-hybridized carbons (Fsp3) is 0.269. The highest BCUT2D eigenvalue weighted by molar-refractivity contribution is 9.10. The first-order valence-electron chi connectivity index (χ1n) is 11.3. The normalized spacial score (nSPS) is 13.8. The Morgan fingerprint density at radius 1 is 0.912 bits per heavy atom. The standard InChI is InChI=1S/C26H27BrN4O2S/c1-17(2)25(33)31-15-13-30(14-16-31)23-12-4-3-11-22(23)28-26(34)29-24(32)20-9-5-8-19-18(20)7-6-10-21(19)27/h3-12,17H,13-16H2,1-2H3,(H2,28,29,32,34). The van der Waals surface area contributed by atoms with Crippen molar-refractivity contribution in [1.82, 2.24) is 10.2 Å². The molecule has 2 amide bonds. The summed E-state index contributed by atoms with van der Waals surface area (Å²) in [6.45, 7) is 6.70. The van der Waals surface area contributed by atoms with Gasteiger partial charge < -0.3 is 15.1 Å². The number of thiocarbonyl (C=S) groups is 1. The topological polar surface area (TPSA) is 64.7 Å². The number of hydrogen-bond acceptors (Lipinski definition) is 4. The van der Waals surface area contributed by atoms with Crippen molar-refractivity contribution in [1.29, 1.82) is 0 Å². The Morgan fingerprint density at radius 3 is 2.32 bits per heavy atom. The maximum absolute atomic E-state index is 13.0. The van der Waals surface area contributed by atoms with Gasteiger partial charge in [0, 0.05) is 42.1 Å². The minimum atomic E-state index is -0.264. The summed E-state index contributed by atoms with van der Waals surface area (Å²) in [6, 6.07) is 19.3. The number of rotatable bonds is 4. The van der Waals surface area contributed by atoms with Gasteiger partial charge >= 0.3 is 0 Å². The van der Waals surface area contributed by atoms with Gasteiger partial charge in [-0.2, -0.15) is 0 Å². The summed E-state index contributed by atoms with van der Waals surface area (Å²) in [7, 11) is 0. The number of amides is 2. The van der Waals surface area contributed by atoms with E-state index in [2.05, 4.69) is 31.5 Å². The molecule has 3 aromatic carbocycles. The first-order chi connectivity index (χ1) is 16.3. The SMILES string of the molecule is CC(C)C(=O)N1CCN(c2ccccc2NC(=S)NC(=O)c2cccc3c(Br)cccc23)CC1. The molecule has 0 saturated carbocycles. The number of nitrogens with one attached hydrogen (secondary N) is 2. The lowest BCUT2D eigenvalue weighted by Crippen LogP contribution is -2.50. The van der Waals surface area contributed by atoms with E-state index in [1.54, 1.807) is 6.07 Å². The second-order valence-electron chi connectivity index (χ2n) is 8.53. The van der Waals surface area contributed by atoms with Crippen LogP contribution in [0, 0.1) is 5.92 Å². The number of piperazine rings is 1. The van der Waals surface area contributed by atoms with E-state index in [4.69, 9.17) is 12.2 Å². The maximum atomic E-state index is 13.0. The third-order valence-corrected chi connectivity index (χ3v) is 6.81. The zero-order valence-corrected chi connectivity index (χ0v) is 21.6. The number of hydrogen-bond donors (Lipinski definition) is 2. The highest BCUT2D eigenvalue weighted by Gasteiger charge is 2.24. The average Bonchev–Trinajstić information content (AvgIpc) is 2.84. The van der Waals surface area contributed by atoms with E-state index in [9.17, 15) is 9.59 Å². The van der Waals surface area contributed by atoms with Gasteiger partial charge in [0.2, 0.25) is 5.91 Å². The van der Waals surface area contributed by atoms with Crippen LogP contribution in [0.1, 0.15) is 24.2 Å². The van der Waals surface area contributed by atoms with E-state index in [-0.39, 0.29) is 22.8 Å². The number of halogens is 1. The first kappa shape index (κ1) is 24.2. The molecule has 0 spiro atoms. The van der Waals surface area contributed by atoms with Crippen LogP contribution in [0.15, 0.2) is 65.1 Å². The van der Waals surface area contributed by atoms with E-state index in [1.807, 2.05) is 73.3 Å². The molecular formula is C26H27BrN4O2S. The molecule has 4 rings (SSSR count). The van der Waals surface area contributed by atoms with Crippen molar-refractivity contribution in [3.8, 4) is 0 Å². The van der Waals surface area contributed by atoms with E-state index >= 15 is 0 Å². The zero-order chi connectivity index (χ0) is 24.2. The Hall–Kier alpha value is -2.97. The Balaban J connectivity index is 1.45. The molecule has 8 heteroatoms. The van der Waals surface area contributed by atoms with Gasteiger partial charge in [0.25, 0.3) is 5.91 Å². The molecule has 176 valence electrons. The number of carbonyl (C=O) groups is 2. The number of benzene rings is 3. The maximum Gasteiger partial charge on any atom is 0.258 e. The van der Waals surface area contributed by atoms with Gasteiger partial charge in [0.05, 0.1) is 11.4 Å². The van der Waals surface area contributed by atoms with Crippen LogP contribution < -0.4 is 15.5 Å². The van der Waals surface area contributed by atoms with Crippen LogP contribution in [0.25, 0.3) is 10.8 Å². The summed E-state index contributed by atoms with van der Waals surface area (Å²) < 4.78 is 0.935. The quantitative estimate of drug-likeness (QED) is 0.456. The largest absolute Gasteiger partial charge is 0.366 e. The molecule has 34 heavy (non-hydrogen) atoms. The van der Waals surface area contributed by atoms with Gasteiger partial charge in [0.15, 0.2) is 5.11 Å². The summed E-state index contributed by atoms with van der Waals surface area (Å²) in [4.78, 5) is 29.5. The number of para-hydroxylation sites is 2. The van der Waals surface area contributed by atoms with E-state index in [1.165, 1.54) is 0 Å². The van der Waals surface area contributed by atoms with Gasteiger partial charge in [-0.3, -0.25) is 14.9 Å². The number of carbonyl (C=O) groups excluding carboxylic acids is 2. The monoisotopic (exact) mass is 538 g/mol. The summed E-state index contributed by atoms with van der Waals surface area (Å²) >= 11 is 9.02. The van der Waals surface area contributed by atoms with Crippen LogP contribution in [0.5, 0.6) is 0 Å². The van der Waals surface area contributed by atoms with E-state index < -0.39 is 0 Å². The van der Waals surface area contributed by atoms with Crippen molar-refractivity contribution in [2.45, 2.75) is 13.8 Å². The highest BCUT2D eigenvalue weighted by atomic mass is 79.9. The lowest BCUT2D eigenvalue weighted by Gasteiger charge is -2.37. The Labute approximate surface area is 213 Å². The van der Waals surface area contributed by atoms with Crippen LogP contribution in [-0.2, 0) is 4.79 Å². The zero-order valence-electron chi connectivity index (χ0n) is 19.2. The molecule has 0 aliphatic carbocycles. The van der Waals surface area contributed by atoms with Gasteiger partial charge in [-0.15, -0.1) is 0 Å².